The van der Waals surface area contributed by atoms with E-state index < -0.39 is 0 Å². The Morgan fingerprint density at radius 2 is 1.70 bits per heavy atom. The van der Waals surface area contributed by atoms with E-state index in [0.29, 0.717) is 13.1 Å². The fourth-order valence-corrected chi connectivity index (χ4v) is 3.62. The Hall–Kier alpha value is -1.92. The largest absolute Gasteiger partial charge is 0.357 e. The summed E-state index contributed by atoms with van der Waals surface area (Å²) in [5, 5.41) is 7.78. The van der Waals surface area contributed by atoms with Crippen molar-refractivity contribution in [2.24, 2.45) is 4.99 Å². The van der Waals surface area contributed by atoms with Crippen LogP contribution in [0.3, 0.4) is 0 Å². The van der Waals surface area contributed by atoms with Crippen molar-refractivity contribution in [3.8, 4) is 0 Å². The third-order valence-electron chi connectivity index (χ3n) is 4.57. The molecular weight excluding hydrogens is 354 g/mol. The van der Waals surface area contributed by atoms with Gasteiger partial charge in [-0.25, -0.2) is 9.98 Å². The fraction of sp³-hybridized carbons (Fsp3) is 0.524. The Labute approximate surface area is 167 Å². The summed E-state index contributed by atoms with van der Waals surface area (Å²) in [4.78, 5) is 13.0. The number of guanidine groups is 1. The number of hydrogen-bond acceptors (Lipinski definition) is 4. The Morgan fingerprint density at radius 3 is 2.26 bits per heavy atom. The van der Waals surface area contributed by atoms with E-state index in [2.05, 4.69) is 79.4 Å². The van der Waals surface area contributed by atoms with Crippen molar-refractivity contribution in [2.75, 3.05) is 19.6 Å². The highest BCUT2D eigenvalue weighted by Gasteiger charge is 2.05. The Morgan fingerprint density at radius 1 is 1.04 bits per heavy atom. The third kappa shape index (κ3) is 6.96. The van der Waals surface area contributed by atoms with Crippen molar-refractivity contribution in [1.82, 2.24) is 20.5 Å². The normalized spacial score (nSPS) is 11.9. The maximum atomic E-state index is 4.71. The van der Waals surface area contributed by atoms with Crippen LogP contribution in [0, 0.1) is 13.8 Å². The van der Waals surface area contributed by atoms with Gasteiger partial charge in [-0.3, -0.25) is 4.90 Å². The molecule has 27 heavy (non-hydrogen) atoms. The molecule has 0 bridgehead atoms. The second-order valence-electron chi connectivity index (χ2n) is 6.58. The molecule has 1 heterocycles. The topological polar surface area (TPSA) is 52.6 Å². The predicted octanol–water partition coefficient (Wildman–Crippen LogP) is 3.86. The molecule has 0 saturated carbocycles. The summed E-state index contributed by atoms with van der Waals surface area (Å²) in [6.45, 7) is 16.0. The molecule has 0 aliphatic carbocycles. The lowest BCUT2D eigenvalue weighted by Gasteiger charge is -2.18. The molecule has 2 aromatic rings. The molecule has 0 saturated heterocycles. The molecule has 148 valence electrons. The second-order valence-corrected chi connectivity index (χ2v) is 7.86. The molecule has 0 spiro atoms. The van der Waals surface area contributed by atoms with Crippen LogP contribution in [0.2, 0.25) is 0 Å². The number of aromatic nitrogens is 1. The molecule has 0 unspecified atom stereocenters. The van der Waals surface area contributed by atoms with E-state index in [1.807, 2.05) is 0 Å². The molecule has 2 N–H and O–H groups in total. The van der Waals surface area contributed by atoms with Crippen LogP contribution in [0.5, 0.6) is 0 Å². The average Bonchev–Trinajstić information content (AvgIpc) is 3.00. The van der Waals surface area contributed by atoms with Crippen molar-refractivity contribution >= 4 is 17.3 Å². The lowest BCUT2D eigenvalue weighted by Crippen LogP contribution is -2.36. The van der Waals surface area contributed by atoms with Gasteiger partial charge < -0.3 is 10.6 Å². The van der Waals surface area contributed by atoms with Crippen LogP contribution in [0.1, 0.15) is 47.5 Å². The van der Waals surface area contributed by atoms with Crippen LogP contribution in [0.15, 0.2) is 29.3 Å². The summed E-state index contributed by atoms with van der Waals surface area (Å²) in [5.41, 5.74) is 3.69. The van der Waals surface area contributed by atoms with E-state index in [4.69, 9.17) is 4.99 Å². The number of aliphatic imine (C=N–C) groups is 1. The number of rotatable bonds is 9. The maximum absolute atomic E-state index is 4.71. The molecule has 0 fully saturated rings. The van der Waals surface area contributed by atoms with Crippen molar-refractivity contribution in [2.45, 2.75) is 54.3 Å². The van der Waals surface area contributed by atoms with E-state index >= 15 is 0 Å². The van der Waals surface area contributed by atoms with Crippen molar-refractivity contribution in [1.29, 1.82) is 0 Å². The number of aryl methyl sites for hydroxylation is 2. The molecular formula is C21H33N5S. The minimum Gasteiger partial charge on any atom is -0.357 e. The van der Waals surface area contributed by atoms with Gasteiger partial charge in [0.2, 0.25) is 0 Å². The Balaban J connectivity index is 1.93. The average molecular weight is 388 g/mol. The van der Waals surface area contributed by atoms with E-state index in [1.54, 1.807) is 11.3 Å². The number of hydrogen-bond donors (Lipinski definition) is 2. The zero-order valence-electron chi connectivity index (χ0n) is 17.3. The summed E-state index contributed by atoms with van der Waals surface area (Å²) in [7, 11) is 0. The van der Waals surface area contributed by atoms with Crippen LogP contribution in [0.25, 0.3) is 0 Å². The van der Waals surface area contributed by atoms with Crippen LogP contribution >= 0.6 is 11.3 Å². The van der Waals surface area contributed by atoms with Crippen molar-refractivity contribution in [3.05, 3.63) is 51.0 Å². The van der Waals surface area contributed by atoms with Gasteiger partial charge in [-0.2, -0.15) is 0 Å². The lowest BCUT2D eigenvalue weighted by atomic mass is 10.1. The first-order valence-corrected chi connectivity index (χ1v) is 10.6. The van der Waals surface area contributed by atoms with E-state index in [1.165, 1.54) is 16.0 Å². The number of benzene rings is 1. The van der Waals surface area contributed by atoms with Crippen LogP contribution in [-0.4, -0.2) is 35.5 Å². The molecule has 1 aromatic carbocycles. The molecule has 2 rings (SSSR count). The first kappa shape index (κ1) is 21.4. The smallest absolute Gasteiger partial charge is 0.191 e. The van der Waals surface area contributed by atoms with Crippen LogP contribution < -0.4 is 10.6 Å². The van der Waals surface area contributed by atoms with Crippen LogP contribution in [0.4, 0.5) is 0 Å². The molecule has 0 amide bonds. The van der Waals surface area contributed by atoms with Gasteiger partial charge in [0.15, 0.2) is 5.96 Å². The molecule has 0 radical (unpaired) electrons. The molecule has 0 aliphatic heterocycles. The Bertz CT molecular complexity index is 697. The van der Waals surface area contributed by atoms with Gasteiger partial charge in [0.1, 0.15) is 5.01 Å². The summed E-state index contributed by atoms with van der Waals surface area (Å²) < 4.78 is 0. The highest BCUT2D eigenvalue weighted by molar-refractivity contribution is 7.11. The highest BCUT2D eigenvalue weighted by atomic mass is 32.1. The molecule has 0 aliphatic rings. The lowest BCUT2D eigenvalue weighted by molar-refractivity contribution is 0.296. The van der Waals surface area contributed by atoms with Gasteiger partial charge in [-0.05, 0) is 45.0 Å². The molecule has 6 heteroatoms. The number of thiazole rings is 1. The summed E-state index contributed by atoms with van der Waals surface area (Å²) in [6.07, 6.45) is 0. The maximum Gasteiger partial charge on any atom is 0.191 e. The number of nitrogens with zero attached hydrogens (tertiary/aromatic N) is 3. The minimum absolute atomic E-state index is 0.663. The molecule has 1 aromatic heterocycles. The second kappa shape index (κ2) is 11.0. The Kier molecular flexibility index (Phi) is 8.75. The van der Waals surface area contributed by atoms with Crippen molar-refractivity contribution < 1.29 is 0 Å². The summed E-state index contributed by atoms with van der Waals surface area (Å²) >= 11 is 1.74. The van der Waals surface area contributed by atoms with Gasteiger partial charge in [0.25, 0.3) is 0 Å². The van der Waals surface area contributed by atoms with E-state index in [-0.39, 0.29) is 0 Å². The quantitative estimate of drug-likeness (QED) is 0.507. The van der Waals surface area contributed by atoms with Gasteiger partial charge in [-0.15, -0.1) is 11.3 Å². The molecule has 5 nitrogen and oxygen atoms in total. The van der Waals surface area contributed by atoms with Crippen LogP contribution in [-0.2, 0) is 19.6 Å². The SMILES string of the molecule is CCNC(=NCc1ccc(CN(CC)CC)cc1)NCc1nc(C)c(C)s1. The third-order valence-corrected chi connectivity index (χ3v) is 5.64. The van der Waals surface area contributed by atoms with Gasteiger partial charge in [0, 0.05) is 18.0 Å². The van der Waals surface area contributed by atoms with Crippen molar-refractivity contribution in [3.63, 3.8) is 0 Å². The van der Waals surface area contributed by atoms with Gasteiger partial charge in [-0.1, -0.05) is 38.1 Å². The van der Waals surface area contributed by atoms with Gasteiger partial charge in [0.05, 0.1) is 18.8 Å². The van der Waals surface area contributed by atoms with E-state index in [0.717, 1.165) is 42.8 Å². The fourth-order valence-electron chi connectivity index (χ4n) is 2.74. The standard InChI is InChI=1S/C21H33N5S/c1-6-22-21(24-14-20-25-16(4)17(5)27-20)23-13-18-9-11-19(12-10-18)15-26(7-2)8-3/h9-12H,6-8,13-15H2,1-5H3,(H2,22,23,24). The first-order chi connectivity index (χ1) is 13.0. The monoisotopic (exact) mass is 387 g/mol. The number of nitrogens with one attached hydrogen (secondary N) is 2. The highest BCUT2D eigenvalue weighted by Crippen LogP contribution is 2.16. The zero-order chi connectivity index (χ0) is 19.6. The summed E-state index contributed by atoms with van der Waals surface area (Å²) in [6, 6.07) is 8.79. The summed E-state index contributed by atoms with van der Waals surface area (Å²) in [5.74, 6) is 0.829. The van der Waals surface area contributed by atoms with Gasteiger partial charge >= 0.3 is 0 Å². The minimum atomic E-state index is 0.663. The first-order valence-electron chi connectivity index (χ1n) is 9.80. The van der Waals surface area contributed by atoms with E-state index in [9.17, 15) is 0 Å². The predicted molar refractivity (Wildman–Crippen MR) is 116 cm³/mol. The zero-order valence-corrected chi connectivity index (χ0v) is 18.1. The molecule has 0 atom stereocenters.